The number of benzene rings is 2. The molecule has 39 heavy (non-hydrogen) atoms. The molecule has 0 unspecified atom stereocenters. The van der Waals surface area contributed by atoms with Crippen LogP contribution in [0, 0.1) is 6.92 Å². The van der Waals surface area contributed by atoms with Crippen LogP contribution in [0.15, 0.2) is 83.9 Å². The minimum atomic E-state index is -0.724. The highest BCUT2D eigenvalue weighted by atomic mass is 16.5. The number of nitrogens with zero attached hydrogens (tertiary/aromatic N) is 4. The Bertz CT molecular complexity index is 1690. The molecule has 3 heterocycles. The monoisotopic (exact) mass is 525 g/mol. The zero-order chi connectivity index (χ0) is 27.5. The van der Waals surface area contributed by atoms with Gasteiger partial charge in [0.05, 0.1) is 48.5 Å². The van der Waals surface area contributed by atoms with Gasteiger partial charge in [0.2, 0.25) is 5.88 Å². The van der Waals surface area contributed by atoms with Crippen LogP contribution in [0.4, 0.5) is 5.69 Å². The lowest BCUT2D eigenvalue weighted by molar-refractivity contribution is 0.102. The number of para-hydroxylation sites is 1. The van der Waals surface area contributed by atoms with Crippen molar-refractivity contribution in [3.63, 3.8) is 0 Å². The van der Waals surface area contributed by atoms with Crippen molar-refractivity contribution < 1.29 is 19.4 Å². The molecular weight excluding hydrogens is 498 g/mol. The molecule has 0 spiro atoms. The average molecular weight is 526 g/mol. The summed E-state index contributed by atoms with van der Waals surface area (Å²) in [4.78, 5) is 35.3. The smallest absolute Gasteiger partial charge is 0.284 e. The van der Waals surface area contributed by atoms with E-state index in [9.17, 15) is 14.7 Å². The molecule has 5 aromatic rings. The number of aliphatic hydroxyl groups is 1. The largest absolute Gasteiger partial charge is 0.497 e. The zero-order valence-corrected chi connectivity index (χ0v) is 21.7. The highest BCUT2D eigenvalue weighted by Crippen LogP contribution is 2.30. The standard InChI is InChI=1S/C29H27N5O5/c1-18(35)17-33-19(2)27(29(37)34(33)21-7-5-4-6-8-21)28(36)32-20-9-12-26(31-16-20)39-25-13-14-30-24-15-22(38-3)10-11-23(24)25/h4-16,18,35H,17H2,1-3H3,(H,32,36)/t18-/m1/s1. The molecule has 0 aliphatic carbocycles. The molecule has 0 aliphatic rings. The second kappa shape index (κ2) is 10.8. The van der Waals surface area contributed by atoms with Crippen molar-refractivity contribution in [3.8, 4) is 23.1 Å². The average Bonchev–Trinajstić information content (AvgIpc) is 3.18. The summed E-state index contributed by atoms with van der Waals surface area (Å²) < 4.78 is 14.2. The molecule has 0 aliphatic heterocycles. The predicted octanol–water partition coefficient (Wildman–Crippen LogP) is 4.32. The topological polar surface area (TPSA) is 120 Å². The van der Waals surface area contributed by atoms with E-state index in [0.717, 1.165) is 10.9 Å². The number of pyridine rings is 2. The number of nitrogens with one attached hydrogen (secondary N) is 1. The molecule has 0 saturated carbocycles. The van der Waals surface area contributed by atoms with Crippen molar-refractivity contribution in [3.05, 3.63) is 101 Å². The normalized spacial score (nSPS) is 11.8. The van der Waals surface area contributed by atoms with Gasteiger partial charge in [0.25, 0.3) is 11.5 Å². The fraction of sp³-hybridized carbons (Fsp3) is 0.172. The first-order chi connectivity index (χ1) is 18.9. The number of hydrogen-bond acceptors (Lipinski definition) is 7. The number of aliphatic hydroxyl groups excluding tert-OH is 1. The van der Waals surface area contributed by atoms with Crippen LogP contribution in [0.25, 0.3) is 16.6 Å². The van der Waals surface area contributed by atoms with E-state index in [0.29, 0.717) is 34.4 Å². The predicted molar refractivity (Wildman–Crippen MR) is 147 cm³/mol. The van der Waals surface area contributed by atoms with Gasteiger partial charge in [-0.15, -0.1) is 0 Å². The number of amides is 1. The van der Waals surface area contributed by atoms with Gasteiger partial charge in [0.1, 0.15) is 17.1 Å². The molecular formula is C29H27N5O5. The molecule has 0 bridgehead atoms. The second-order valence-electron chi connectivity index (χ2n) is 8.98. The van der Waals surface area contributed by atoms with Crippen molar-refractivity contribution in [2.45, 2.75) is 26.5 Å². The van der Waals surface area contributed by atoms with Crippen molar-refractivity contribution in [1.82, 2.24) is 19.3 Å². The van der Waals surface area contributed by atoms with E-state index in [2.05, 4.69) is 15.3 Å². The number of rotatable bonds is 8. The summed E-state index contributed by atoms with van der Waals surface area (Å²) in [5.74, 6) is 1.01. The van der Waals surface area contributed by atoms with E-state index >= 15 is 0 Å². The van der Waals surface area contributed by atoms with Gasteiger partial charge in [0, 0.05) is 23.7 Å². The Labute approximate surface area is 224 Å². The fourth-order valence-electron chi connectivity index (χ4n) is 4.34. The summed E-state index contributed by atoms with van der Waals surface area (Å²) in [6.45, 7) is 3.45. The van der Waals surface area contributed by atoms with Gasteiger partial charge < -0.3 is 19.9 Å². The first kappa shape index (κ1) is 25.7. The third kappa shape index (κ3) is 5.23. The summed E-state index contributed by atoms with van der Waals surface area (Å²) in [6, 6.07) is 19.5. The first-order valence-corrected chi connectivity index (χ1v) is 12.3. The van der Waals surface area contributed by atoms with Gasteiger partial charge in [-0.1, -0.05) is 18.2 Å². The lowest BCUT2D eigenvalue weighted by atomic mass is 10.2. The number of carbonyl (C=O) groups excluding carboxylic acids is 1. The second-order valence-corrected chi connectivity index (χ2v) is 8.98. The molecule has 5 rings (SSSR count). The maximum atomic E-state index is 13.4. The Morgan fingerprint density at radius 1 is 1.08 bits per heavy atom. The molecule has 3 aromatic heterocycles. The van der Waals surface area contributed by atoms with E-state index < -0.39 is 17.6 Å². The van der Waals surface area contributed by atoms with E-state index in [-0.39, 0.29) is 12.1 Å². The minimum absolute atomic E-state index is 0.0153. The van der Waals surface area contributed by atoms with Gasteiger partial charge in [-0.05, 0) is 50.2 Å². The maximum absolute atomic E-state index is 13.4. The molecule has 2 aromatic carbocycles. The third-order valence-corrected chi connectivity index (χ3v) is 6.18. The minimum Gasteiger partial charge on any atom is -0.497 e. The highest BCUT2D eigenvalue weighted by molar-refractivity contribution is 6.04. The van der Waals surface area contributed by atoms with E-state index in [1.165, 1.54) is 10.9 Å². The van der Waals surface area contributed by atoms with Crippen LogP contribution >= 0.6 is 0 Å². The van der Waals surface area contributed by atoms with E-state index in [1.54, 1.807) is 74.3 Å². The van der Waals surface area contributed by atoms with Gasteiger partial charge in [-0.2, -0.15) is 0 Å². The molecule has 1 atom stereocenters. The summed E-state index contributed by atoms with van der Waals surface area (Å²) >= 11 is 0. The number of methoxy groups -OCH3 is 1. The Balaban J connectivity index is 1.38. The molecule has 10 nitrogen and oxygen atoms in total. The van der Waals surface area contributed by atoms with E-state index in [1.807, 2.05) is 24.3 Å². The molecule has 0 radical (unpaired) electrons. The zero-order valence-electron chi connectivity index (χ0n) is 21.7. The number of fused-ring (bicyclic) bond motifs is 1. The lowest BCUT2D eigenvalue weighted by Crippen LogP contribution is -2.27. The summed E-state index contributed by atoms with van der Waals surface area (Å²) in [5, 5.41) is 13.6. The van der Waals surface area contributed by atoms with Gasteiger partial charge in [-0.3, -0.25) is 19.3 Å². The number of anilines is 1. The number of hydrogen-bond donors (Lipinski definition) is 2. The van der Waals surface area contributed by atoms with Crippen LogP contribution in [0.3, 0.4) is 0 Å². The molecule has 2 N–H and O–H groups in total. The quantitative estimate of drug-likeness (QED) is 0.309. The number of carbonyl (C=O) groups is 1. The Hall–Kier alpha value is -4.96. The van der Waals surface area contributed by atoms with E-state index in [4.69, 9.17) is 9.47 Å². The van der Waals surface area contributed by atoms with Crippen molar-refractivity contribution >= 4 is 22.5 Å². The lowest BCUT2D eigenvalue weighted by Gasteiger charge is -2.15. The number of aromatic nitrogens is 4. The Morgan fingerprint density at radius 3 is 2.56 bits per heavy atom. The summed E-state index contributed by atoms with van der Waals surface area (Å²) in [5.41, 5.74) is 1.65. The molecule has 0 saturated heterocycles. The van der Waals surface area contributed by atoms with Crippen LogP contribution in [0.5, 0.6) is 17.4 Å². The molecule has 198 valence electrons. The van der Waals surface area contributed by atoms with Crippen LogP contribution in [0.1, 0.15) is 23.0 Å². The van der Waals surface area contributed by atoms with Gasteiger partial charge in [-0.25, -0.2) is 9.67 Å². The van der Waals surface area contributed by atoms with Gasteiger partial charge >= 0.3 is 0 Å². The van der Waals surface area contributed by atoms with Crippen LogP contribution < -0.4 is 20.3 Å². The number of ether oxygens (including phenoxy) is 2. The SMILES string of the molecule is COc1ccc2c(Oc3ccc(NC(=O)c4c(C)n(C[C@@H](C)O)n(-c5ccccc5)c4=O)cn3)ccnc2c1. The summed E-state index contributed by atoms with van der Waals surface area (Å²) in [6.07, 6.45) is 2.37. The van der Waals surface area contributed by atoms with Crippen LogP contribution in [0.2, 0.25) is 0 Å². The van der Waals surface area contributed by atoms with Crippen molar-refractivity contribution in [2.24, 2.45) is 0 Å². The molecule has 0 fully saturated rings. The Morgan fingerprint density at radius 2 is 1.87 bits per heavy atom. The van der Waals surface area contributed by atoms with Crippen LogP contribution in [-0.2, 0) is 6.54 Å². The van der Waals surface area contributed by atoms with Crippen molar-refractivity contribution in [1.29, 1.82) is 0 Å². The molecule has 10 heteroatoms. The fourth-order valence-corrected chi connectivity index (χ4v) is 4.34. The first-order valence-electron chi connectivity index (χ1n) is 12.3. The highest BCUT2D eigenvalue weighted by Gasteiger charge is 2.24. The Kier molecular flexibility index (Phi) is 7.11. The van der Waals surface area contributed by atoms with Crippen LogP contribution in [-0.4, -0.2) is 43.6 Å². The maximum Gasteiger partial charge on any atom is 0.284 e. The van der Waals surface area contributed by atoms with Crippen molar-refractivity contribution in [2.75, 3.05) is 12.4 Å². The third-order valence-electron chi connectivity index (χ3n) is 6.18. The van der Waals surface area contributed by atoms with Gasteiger partial charge in [0.15, 0.2) is 0 Å². The summed E-state index contributed by atoms with van der Waals surface area (Å²) in [7, 11) is 1.59. The molecule has 1 amide bonds.